The van der Waals surface area contributed by atoms with Gasteiger partial charge in [0.15, 0.2) is 6.10 Å². The van der Waals surface area contributed by atoms with E-state index in [1.165, 1.54) is 6.92 Å². The van der Waals surface area contributed by atoms with E-state index in [4.69, 9.17) is 4.74 Å². The summed E-state index contributed by atoms with van der Waals surface area (Å²) in [5.41, 5.74) is 3.78. The number of pyridine rings is 1. The van der Waals surface area contributed by atoms with Gasteiger partial charge in [-0.1, -0.05) is 84.9 Å². The number of carbonyl (C=O) groups excluding carboxylic acids is 4. The second-order valence-electron chi connectivity index (χ2n) is 11.8. The van der Waals surface area contributed by atoms with Crippen LogP contribution in [0.25, 0.3) is 10.9 Å². The van der Waals surface area contributed by atoms with Crippen molar-refractivity contribution >= 4 is 34.7 Å². The number of fused-ring (bicyclic) bond motifs is 1. The van der Waals surface area contributed by atoms with Crippen molar-refractivity contribution < 1.29 is 29.0 Å². The number of H-pyrrole nitrogens is 1. The SMILES string of the molecule is CC(NC(=O)OCc1ccccc1)C(=O)NC(Cc1c[nH]c2ccccc12)C(=O)NC(Cc1ccccc1)C(O)C(=O)NCc1ccccn1. The van der Waals surface area contributed by atoms with Crippen molar-refractivity contribution in [3.63, 3.8) is 0 Å². The van der Waals surface area contributed by atoms with Gasteiger partial charge >= 0.3 is 6.09 Å². The molecule has 0 aliphatic heterocycles. The zero-order valence-corrected chi connectivity index (χ0v) is 27.5. The first kappa shape index (κ1) is 35.3. The summed E-state index contributed by atoms with van der Waals surface area (Å²) in [5, 5.41) is 22.9. The lowest BCUT2D eigenvalue weighted by Gasteiger charge is -2.27. The van der Waals surface area contributed by atoms with Gasteiger partial charge in [-0.25, -0.2) is 4.79 Å². The minimum absolute atomic E-state index is 0.0210. The summed E-state index contributed by atoms with van der Waals surface area (Å²) >= 11 is 0. The van der Waals surface area contributed by atoms with Crippen LogP contribution in [0.3, 0.4) is 0 Å². The molecule has 0 bridgehead atoms. The number of amides is 4. The molecule has 5 aromatic rings. The number of hydrogen-bond acceptors (Lipinski definition) is 7. The third-order valence-electron chi connectivity index (χ3n) is 8.12. The molecule has 3 aromatic carbocycles. The van der Waals surface area contributed by atoms with Crippen molar-refractivity contribution in [3.05, 3.63) is 138 Å². The molecular weight excluding hydrogens is 636 g/mol. The Kier molecular flexibility index (Phi) is 12.3. The number of aliphatic hydroxyl groups is 1. The lowest BCUT2D eigenvalue weighted by atomic mass is 9.98. The fourth-order valence-electron chi connectivity index (χ4n) is 5.39. The maximum atomic E-state index is 14.1. The molecule has 0 saturated heterocycles. The van der Waals surface area contributed by atoms with Gasteiger partial charge in [-0.2, -0.15) is 0 Å². The number of alkyl carbamates (subject to hydrolysis) is 1. The van der Waals surface area contributed by atoms with Crippen LogP contribution in [-0.2, 0) is 45.1 Å². The second-order valence-corrected chi connectivity index (χ2v) is 11.8. The Hall–Kier alpha value is -6.01. The predicted octanol–water partition coefficient (Wildman–Crippen LogP) is 3.31. The summed E-state index contributed by atoms with van der Waals surface area (Å²) in [6.45, 7) is 1.58. The zero-order valence-electron chi connectivity index (χ0n) is 27.5. The Balaban J connectivity index is 1.31. The minimum Gasteiger partial charge on any atom is -0.445 e. The molecule has 0 spiro atoms. The molecule has 50 heavy (non-hydrogen) atoms. The van der Waals surface area contributed by atoms with E-state index in [-0.39, 0.29) is 26.0 Å². The first-order valence-electron chi connectivity index (χ1n) is 16.3. The van der Waals surface area contributed by atoms with Gasteiger partial charge in [0.05, 0.1) is 18.3 Å². The van der Waals surface area contributed by atoms with Crippen LogP contribution in [0, 0.1) is 0 Å². The summed E-state index contributed by atoms with van der Waals surface area (Å²) in [6.07, 6.45) is 1.14. The van der Waals surface area contributed by atoms with Gasteiger partial charge < -0.3 is 36.1 Å². The lowest BCUT2D eigenvalue weighted by Crippen LogP contribution is -2.58. The molecule has 0 saturated carbocycles. The zero-order chi connectivity index (χ0) is 35.3. The van der Waals surface area contributed by atoms with Gasteiger partial charge in [0.25, 0.3) is 5.91 Å². The topological polar surface area (TPSA) is 175 Å². The van der Waals surface area contributed by atoms with Crippen molar-refractivity contribution in [2.75, 3.05) is 0 Å². The fourth-order valence-corrected chi connectivity index (χ4v) is 5.39. The molecule has 0 fully saturated rings. The highest BCUT2D eigenvalue weighted by Crippen LogP contribution is 2.20. The molecule has 0 aliphatic rings. The van der Waals surface area contributed by atoms with Gasteiger partial charge in [0.1, 0.15) is 18.7 Å². The quantitative estimate of drug-likeness (QED) is 0.0987. The van der Waals surface area contributed by atoms with E-state index in [1.54, 1.807) is 30.6 Å². The summed E-state index contributed by atoms with van der Waals surface area (Å²) < 4.78 is 5.26. The monoisotopic (exact) mass is 676 g/mol. The number of benzene rings is 3. The van der Waals surface area contributed by atoms with Crippen LogP contribution in [0.5, 0.6) is 0 Å². The molecule has 258 valence electrons. The average molecular weight is 677 g/mol. The second kappa shape index (κ2) is 17.4. The highest BCUT2D eigenvalue weighted by molar-refractivity contribution is 5.93. The Morgan fingerprint density at radius 3 is 2.16 bits per heavy atom. The summed E-state index contributed by atoms with van der Waals surface area (Å²) in [5.74, 6) is -1.95. The van der Waals surface area contributed by atoms with Gasteiger partial charge in [0.2, 0.25) is 11.8 Å². The van der Waals surface area contributed by atoms with Crippen molar-refractivity contribution in [2.24, 2.45) is 0 Å². The third-order valence-corrected chi connectivity index (χ3v) is 8.12. The Morgan fingerprint density at radius 1 is 0.760 bits per heavy atom. The first-order valence-corrected chi connectivity index (χ1v) is 16.3. The minimum atomic E-state index is -1.63. The van der Waals surface area contributed by atoms with Gasteiger partial charge in [-0.05, 0) is 48.2 Å². The van der Waals surface area contributed by atoms with E-state index in [1.807, 2.05) is 84.9 Å². The van der Waals surface area contributed by atoms with Crippen molar-refractivity contribution in [3.8, 4) is 0 Å². The van der Waals surface area contributed by atoms with Crippen LogP contribution in [0.4, 0.5) is 4.79 Å². The number of nitrogens with zero attached hydrogens (tertiary/aromatic N) is 1. The predicted molar refractivity (Wildman–Crippen MR) is 187 cm³/mol. The van der Waals surface area contributed by atoms with Crippen LogP contribution >= 0.6 is 0 Å². The summed E-state index contributed by atoms with van der Waals surface area (Å²) in [7, 11) is 0. The number of hydrogen-bond donors (Lipinski definition) is 6. The average Bonchev–Trinajstić information content (AvgIpc) is 3.55. The lowest BCUT2D eigenvalue weighted by molar-refractivity contribution is -0.134. The fraction of sp³-hybridized carbons (Fsp3) is 0.237. The molecule has 4 atom stereocenters. The number of carbonyl (C=O) groups is 4. The molecule has 6 N–H and O–H groups in total. The maximum Gasteiger partial charge on any atom is 0.408 e. The smallest absolute Gasteiger partial charge is 0.408 e. The highest BCUT2D eigenvalue weighted by atomic mass is 16.5. The van der Waals surface area contributed by atoms with Crippen molar-refractivity contribution in [1.29, 1.82) is 0 Å². The Morgan fingerprint density at radius 2 is 1.44 bits per heavy atom. The van der Waals surface area contributed by atoms with E-state index in [0.717, 1.165) is 27.6 Å². The van der Waals surface area contributed by atoms with Crippen molar-refractivity contribution in [1.82, 2.24) is 31.2 Å². The first-order chi connectivity index (χ1) is 24.3. The number of para-hydroxylation sites is 1. The van der Waals surface area contributed by atoms with Gasteiger partial charge in [-0.3, -0.25) is 19.4 Å². The Labute approximate surface area is 289 Å². The van der Waals surface area contributed by atoms with E-state index < -0.39 is 48.0 Å². The third kappa shape index (κ3) is 10.0. The van der Waals surface area contributed by atoms with Crippen LogP contribution in [0.2, 0.25) is 0 Å². The highest BCUT2D eigenvalue weighted by Gasteiger charge is 2.32. The number of aliphatic hydroxyl groups excluding tert-OH is 1. The maximum absolute atomic E-state index is 14.1. The standard InChI is InChI=1S/C38H40N6O6/c1-25(42-38(49)50-24-27-14-6-3-7-15-27)35(46)44-33(21-28-22-40-31-18-9-8-17-30(28)31)36(47)43-32(20-26-12-4-2-5-13-26)34(45)37(48)41-23-29-16-10-11-19-39-29/h2-19,22,25,32-34,40,45H,20-21,23-24H2,1H3,(H,41,48)(H,42,49)(H,43,47)(H,44,46). The molecular formula is C38H40N6O6. The van der Waals surface area contributed by atoms with E-state index in [0.29, 0.717) is 5.69 Å². The normalized spacial score (nSPS) is 13.3. The molecule has 4 unspecified atom stereocenters. The molecule has 2 heterocycles. The largest absolute Gasteiger partial charge is 0.445 e. The summed E-state index contributed by atoms with van der Waals surface area (Å²) in [6, 6.07) is 27.8. The van der Waals surface area contributed by atoms with Crippen molar-refractivity contribution in [2.45, 2.75) is 57.1 Å². The van der Waals surface area contributed by atoms with E-state index >= 15 is 0 Å². The van der Waals surface area contributed by atoms with Crippen LogP contribution in [-0.4, -0.2) is 63.1 Å². The number of nitrogens with one attached hydrogen (secondary N) is 5. The van der Waals surface area contributed by atoms with Gasteiger partial charge in [0, 0.05) is 29.7 Å². The van der Waals surface area contributed by atoms with Crippen LogP contribution in [0.1, 0.15) is 29.3 Å². The van der Waals surface area contributed by atoms with Crippen LogP contribution in [0.15, 0.2) is 116 Å². The van der Waals surface area contributed by atoms with E-state index in [2.05, 4.69) is 31.2 Å². The Bertz CT molecular complexity index is 1870. The molecule has 12 nitrogen and oxygen atoms in total. The number of aromatic nitrogens is 2. The molecule has 4 amide bonds. The van der Waals surface area contributed by atoms with E-state index in [9.17, 15) is 24.3 Å². The van der Waals surface area contributed by atoms with Crippen LogP contribution < -0.4 is 21.3 Å². The summed E-state index contributed by atoms with van der Waals surface area (Å²) in [4.78, 5) is 60.5. The molecule has 2 aromatic heterocycles. The number of ether oxygens (including phenoxy) is 1. The molecule has 12 heteroatoms. The molecule has 0 radical (unpaired) electrons. The molecule has 0 aliphatic carbocycles. The molecule has 5 rings (SSSR count). The number of rotatable bonds is 15. The van der Waals surface area contributed by atoms with Gasteiger partial charge in [-0.15, -0.1) is 0 Å². The number of aromatic amines is 1.